The van der Waals surface area contributed by atoms with Gasteiger partial charge in [0, 0.05) is 37.0 Å². The molecule has 0 bridgehead atoms. The number of hydrogen-bond donors (Lipinski definition) is 1. The molecule has 5 rings (SSSR count). The predicted octanol–water partition coefficient (Wildman–Crippen LogP) is 4.55. The van der Waals surface area contributed by atoms with Gasteiger partial charge in [-0.2, -0.15) is 0 Å². The second-order valence-corrected chi connectivity index (χ2v) is 9.81. The van der Waals surface area contributed by atoms with Crippen LogP contribution in [0.5, 0.6) is 5.75 Å². The van der Waals surface area contributed by atoms with Crippen LogP contribution in [0.4, 0.5) is 5.95 Å². The van der Waals surface area contributed by atoms with Crippen molar-refractivity contribution in [3.8, 4) is 5.75 Å². The number of imidazole rings is 1. The van der Waals surface area contributed by atoms with Crippen molar-refractivity contribution in [3.05, 3.63) is 59.4 Å². The third-order valence-corrected chi connectivity index (χ3v) is 7.18. The summed E-state index contributed by atoms with van der Waals surface area (Å²) >= 11 is 6.95. The van der Waals surface area contributed by atoms with E-state index in [2.05, 4.69) is 16.9 Å². The van der Waals surface area contributed by atoms with Gasteiger partial charge in [-0.3, -0.25) is 19.9 Å². The van der Waals surface area contributed by atoms with Crippen LogP contribution in [0, 0.1) is 6.92 Å². The van der Waals surface area contributed by atoms with E-state index < -0.39 is 0 Å². The Morgan fingerprint density at radius 1 is 1.27 bits per heavy atom. The standard InChI is InChI=1S/C27H30ClN5O4/c1-3-23(34)32-12-5-4-6-19(15-32)33-25-21(7-8-22(24(25)28)37-20-10-13-36-16-20)30-27(33)31-26(35)18-9-11-29-17(2)14-18/h3,7-9,11,14,19-20H,1,4-6,10,12-13,15-16H2,2H3,(H,30,31,35)/t19-,20?/m1/s1. The second kappa shape index (κ2) is 10.9. The number of fused-ring (bicyclic) bond motifs is 1. The van der Waals surface area contributed by atoms with Crippen LogP contribution >= 0.6 is 11.6 Å². The number of nitrogens with zero attached hydrogens (tertiary/aromatic N) is 4. The molecule has 1 aromatic carbocycles. The molecule has 2 aliphatic heterocycles. The van der Waals surface area contributed by atoms with Gasteiger partial charge in [-0.15, -0.1) is 0 Å². The van der Waals surface area contributed by atoms with Crippen molar-refractivity contribution < 1.29 is 19.1 Å². The second-order valence-electron chi connectivity index (χ2n) is 9.43. The van der Waals surface area contributed by atoms with Gasteiger partial charge in [-0.25, -0.2) is 4.98 Å². The van der Waals surface area contributed by atoms with Crippen LogP contribution in [0.1, 0.15) is 47.8 Å². The van der Waals surface area contributed by atoms with Crippen LogP contribution in [0.3, 0.4) is 0 Å². The molecule has 37 heavy (non-hydrogen) atoms. The largest absolute Gasteiger partial charge is 0.486 e. The molecule has 2 aromatic heterocycles. The number of carbonyl (C=O) groups excluding carboxylic acids is 2. The fourth-order valence-corrected chi connectivity index (χ4v) is 5.26. The predicted molar refractivity (Wildman–Crippen MR) is 141 cm³/mol. The van der Waals surface area contributed by atoms with Crippen molar-refractivity contribution in [3.63, 3.8) is 0 Å². The minimum atomic E-state index is -0.301. The summed E-state index contributed by atoms with van der Waals surface area (Å²) < 4.78 is 13.6. The smallest absolute Gasteiger partial charge is 0.258 e. The van der Waals surface area contributed by atoms with E-state index in [1.807, 2.05) is 17.6 Å². The van der Waals surface area contributed by atoms with Gasteiger partial charge in [-0.1, -0.05) is 18.2 Å². The van der Waals surface area contributed by atoms with Gasteiger partial charge >= 0.3 is 0 Å². The zero-order valence-electron chi connectivity index (χ0n) is 20.8. The number of aryl methyl sites for hydroxylation is 1. The van der Waals surface area contributed by atoms with Gasteiger partial charge in [0.2, 0.25) is 11.9 Å². The first-order valence-electron chi connectivity index (χ1n) is 12.5. The quantitative estimate of drug-likeness (QED) is 0.476. The van der Waals surface area contributed by atoms with Crippen molar-refractivity contribution >= 4 is 40.4 Å². The Hall–Kier alpha value is -3.43. The van der Waals surface area contributed by atoms with E-state index in [1.165, 1.54) is 6.08 Å². The molecule has 9 nitrogen and oxygen atoms in total. The zero-order valence-corrected chi connectivity index (χ0v) is 21.5. The number of rotatable bonds is 6. The van der Waals surface area contributed by atoms with E-state index in [-0.39, 0.29) is 24.0 Å². The summed E-state index contributed by atoms with van der Waals surface area (Å²) in [4.78, 5) is 36.5. The molecule has 2 atom stereocenters. The fraction of sp³-hybridized carbons (Fsp3) is 0.407. The topological polar surface area (TPSA) is 98.6 Å². The number of likely N-dealkylation sites (tertiary alicyclic amines) is 1. The lowest BCUT2D eigenvalue weighted by Crippen LogP contribution is -2.34. The van der Waals surface area contributed by atoms with Gasteiger partial charge in [0.05, 0.1) is 30.3 Å². The van der Waals surface area contributed by atoms with Gasteiger partial charge in [0.25, 0.3) is 5.91 Å². The van der Waals surface area contributed by atoms with Crippen LogP contribution in [0.15, 0.2) is 43.1 Å². The maximum Gasteiger partial charge on any atom is 0.258 e. The van der Waals surface area contributed by atoms with Gasteiger partial charge in [0.15, 0.2) is 0 Å². The molecule has 4 heterocycles. The average molecular weight is 524 g/mol. The highest BCUT2D eigenvalue weighted by Crippen LogP contribution is 2.39. The SMILES string of the molecule is C=CC(=O)N1CCCC[C@@H](n2c(NC(=O)c3ccnc(C)c3)nc3ccc(OC4CCOC4)c(Cl)c32)C1. The Bertz CT molecular complexity index is 1330. The Morgan fingerprint density at radius 3 is 2.89 bits per heavy atom. The number of benzene rings is 1. The van der Waals surface area contributed by atoms with Crippen LogP contribution in [-0.2, 0) is 9.53 Å². The maximum atomic E-state index is 13.2. The minimum absolute atomic E-state index is 0.0704. The van der Waals surface area contributed by atoms with Crippen molar-refractivity contribution in [1.29, 1.82) is 0 Å². The first-order chi connectivity index (χ1) is 17.9. The number of ether oxygens (including phenoxy) is 2. The summed E-state index contributed by atoms with van der Waals surface area (Å²) in [7, 11) is 0. The zero-order chi connectivity index (χ0) is 25.9. The Kier molecular flexibility index (Phi) is 7.43. The lowest BCUT2D eigenvalue weighted by Gasteiger charge is -2.26. The Balaban J connectivity index is 1.58. The number of hydrogen-bond acceptors (Lipinski definition) is 6. The highest BCUT2D eigenvalue weighted by atomic mass is 35.5. The number of anilines is 1. The molecular weight excluding hydrogens is 494 g/mol. The number of aromatic nitrogens is 3. The summed E-state index contributed by atoms with van der Waals surface area (Å²) in [5, 5.41) is 3.40. The third-order valence-electron chi connectivity index (χ3n) is 6.82. The molecule has 2 amide bonds. The van der Waals surface area contributed by atoms with Gasteiger partial charge in [0.1, 0.15) is 16.9 Å². The van der Waals surface area contributed by atoms with Gasteiger partial charge < -0.3 is 18.9 Å². The van der Waals surface area contributed by atoms with Crippen LogP contribution in [-0.4, -0.2) is 63.7 Å². The normalized spacial score (nSPS) is 20.0. The lowest BCUT2D eigenvalue weighted by molar-refractivity contribution is -0.126. The Labute approximate surface area is 220 Å². The molecule has 2 fully saturated rings. The van der Waals surface area contributed by atoms with Crippen LogP contribution < -0.4 is 10.1 Å². The molecule has 1 unspecified atom stereocenters. The van der Waals surface area contributed by atoms with E-state index in [9.17, 15) is 9.59 Å². The van der Waals surface area contributed by atoms with E-state index in [0.717, 1.165) is 31.4 Å². The molecule has 0 aliphatic carbocycles. The number of carbonyl (C=O) groups is 2. The molecule has 0 radical (unpaired) electrons. The average Bonchev–Trinajstić information content (AvgIpc) is 3.46. The maximum absolute atomic E-state index is 13.2. The molecule has 194 valence electrons. The summed E-state index contributed by atoms with van der Waals surface area (Å²) in [5.41, 5.74) is 2.51. The van der Waals surface area contributed by atoms with Crippen molar-refractivity contribution in [2.24, 2.45) is 0 Å². The summed E-state index contributed by atoms with van der Waals surface area (Å²) in [6.07, 6.45) is 6.25. The Morgan fingerprint density at radius 2 is 2.14 bits per heavy atom. The first kappa shape index (κ1) is 25.2. The van der Waals surface area contributed by atoms with Crippen molar-refractivity contribution in [2.45, 2.75) is 44.8 Å². The molecule has 0 spiro atoms. The fourth-order valence-electron chi connectivity index (χ4n) is 4.97. The van der Waals surface area contributed by atoms with Crippen LogP contribution in [0.25, 0.3) is 11.0 Å². The van der Waals surface area contributed by atoms with Gasteiger partial charge in [-0.05, 0) is 56.5 Å². The monoisotopic (exact) mass is 523 g/mol. The highest BCUT2D eigenvalue weighted by molar-refractivity contribution is 6.36. The third kappa shape index (κ3) is 5.33. The van der Waals surface area contributed by atoms with Crippen molar-refractivity contribution in [1.82, 2.24) is 19.4 Å². The number of amides is 2. The van der Waals surface area contributed by atoms with E-state index in [0.29, 0.717) is 59.6 Å². The van der Waals surface area contributed by atoms with Crippen LogP contribution in [0.2, 0.25) is 5.02 Å². The molecule has 0 saturated carbocycles. The van der Waals surface area contributed by atoms with Crippen molar-refractivity contribution in [2.75, 3.05) is 31.6 Å². The van der Waals surface area contributed by atoms with E-state index >= 15 is 0 Å². The minimum Gasteiger partial charge on any atom is -0.486 e. The number of pyridine rings is 1. The number of halogens is 1. The summed E-state index contributed by atoms with van der Waals surface area (Å²) in [5.74, 6) is 0.493. The molecular formula is C27H30ClN5O4. The van der Waals surface area contributed by atoms with E-state index in [1.54, 1.807) is 29.3 Å². The molecule has 1 N–H and O–H groups in total. The first-order valence-corrected chi connectivity index (χ1v) is 12.9. The number of nitrogens with one attached hydrogen (secondary N) is 1. The summed E-state index contributed by atoms with van der Waals surface area (Å²) in [6, 6.07) is 6.88. The van der Waals surface area contributed by atoms with E-state index in [4.69, 9.17) is 26.1 Å². The molecule has 2 aliphatic rings. The lowest BCUT2D eigenvalue weighted by atomic mass is 10.1. The summed E-state index contributed by atoms with van der Waals surface area (Å²) in [6.45, 7) is 7.76. The molecule has 2 saturated heterocycles. The molecule has 3 aromatic rings. The molecule has 10 heteroatoms. The highest BCUT2D eigenvalue weighted by Gasteiger charge is 2.29.